The zero-order chi connectivity index (χ0) is 15.7. The summed E-state index contributed by atoms with van der Waals surface area (Å²) in [6.07, 6.45) is 1.57. The van der Waals surface area contributed by atoms with Crippen LogP contribution in [0.2, 0.25) is 0 Å². The Morgan fingerprint density at radius 1 is 1.14 bits per heavy atom. The number of carbonyl (C=O) groups is 1. The Morgan fingerprint density at radius 3 is 2.68 bits per heavy atom. The number of carbonyl (C=O) groups excluding carboxylic acids is 1. The summed E-state index contributed by atoms with van der Waals surface area (Å²) in [5, 5.41) is 3.75. The van der Waals surface area contributed by atoms with E-state index in [4.69, 9.17) is 0 Å². The van der Waals surface area contributed by atoms with Gasteiger partial charge in [0.1, 0.15) is 5.69 Å². The van der Waals surface area contributed by atoms with Crippen molar-refractivity contribution in [1.82, 2.24) is 9.97 Å². The van der Waals surface area contributed by atoms with Crippen molar-refractivity contribution in [3.63, 3.8) is 0 Å². The molecule has 0 saturated heterocycles. The maximum absolute atomic E-state index is 12.1. The summed E-state index contributed by atoms with van der Waals surface area (Å²) in [6.45, 7) is 3.71. The number of nitrogens with zero attached hydrogens (tertiary/aromatic N) is 1. The van der Waals surface area contributed by atoms with Gasteiger partial charge in [-0.15, -0.1) is 0 Å². The number of hydrogen-bond acceptors (Lipinski definition) is 3. The summed E-state index contributed by atoms with van der Waals surface area (Å²) in [4.78, 5) is 30.8. The zero-order valence-corrected chi connectivity index (χ0v) is 12.3. The van der Waals surface area contributed by atoms with Crippen LogP contribution in [0.15, 0.2) is 47.4 Å². The van der Waals surface area contributed by atoms with Crippen LogP contribution in [0.3, 0.4) is 0 Å². The molecule has 0 aliphatic rings. The quantitative estimate of drug-likeness (QED) is 0.763. The number of benzene rings is 1. The molecule has 22 heavy (non-hydrogen) atoms. The molecule has 5 nitrogen and oxygen atoms in total. The molecule has 0 bridgehead atoms. The lowest BCUT2D eigenvalue weighted by Gasteiger charge is -2.09. The van der Waals surface area contributed by atoms with Crippen molar-refractivity contribution in [2.75, 3.05) is 5.32 Å². The minimum absolute atomic E-state index is 0.113. The molecule has 3 rings (SSSR count). The molecule has 0 saturated carbocycles. The number of rotatable bonds is 2. The summed E-state index contributed by atoms with van der Waals surface area (Å²) in [5.74, 6) is -0.286. The lowest BCUT2D eigenvalue weighted by atomic mass is 10.1. The number of amides is 1. The lowest BCUT2D eigenvalue weighted by molar-refractivity contribution is 0.102. The molecular formula is C17H15N3O2. The van der Waals surface area contributed by atoms with E-state index >= 15 is 0 Å². The molecule has 0 unspecified atom stereocenters. The first kappa shape index (κ1) is 14.0. The molecule has 1 amide bonds. The van der Waals surface area contributed by atoms with Crippen molar-refractivity contribution in [3.8, 4) is 0 Å². The van der Waals surface area contributed by atoms with Crippen molar-refractivity contribution >= 4 is 22.5 Å². The summed E-state index contributed by atoms with van der Waals surface area (Å²) < 4.78 is 0. The second-order valence-electron chi connectivity index (χ2n) is 5.13. The molecule has 0 spiro atoms. The Morgan fingerprint density at radius 2 is 1.95 bits per heavy atom. The Bertz CT molecular complexity index is 914. The van der Waals surface area contributed by atoms with Gasteiger partial charge in [0.15, 0.2) is 0 Å². The first-order chi connectivity index (χ1) is 10.6. The summed E-state index contributed by atoms with van der Waals surface area (Å²) in [5.41, 5.74) is 3.20. The van der Waals surface area contributed by atoms with Crippen LogP contribution in [-0.2, 0) is 0 Å². The van der Waals surface area contributed by atoms with Gasteiger partial charge in [-0.3, -0.25) is 14.6 Å². The Hall–Kier alpha value is -2.95. The lowest BCUT2D eigenvalue weighted by Crippen LogP contribution is -2.14. The van der Waals surface area contributed by atoms with E-state index in [-0.39, 0.29) is 11.5 Å². The minimum Gasteiger partial charge on any atom is -0.322 e. The Balaban J connectivity index is 1.98. The smallest absolute Gasteiger partial charge is 0.274 e. The maximum atomic E-state index is 12.1. The molecule has 0 atom stereocenters. The van der Waals surface area contributed by atoms with Crippen molar-refractivity contribution in [1.29, 1.82) is 0 Å². The molecule has 2 N–H and O–H groups in total. The van der Waals surface area contributed by atoms with E-state index in [2.05, 4.69) is 15.3 Å². The predicted molar refractivity (Wildman–Crippen MR) is 86.2 cm³/mol. The number of aryl methyl sites for hydroxylation is 1. The molecule has 3 aromatic rings. The van der Waals surface area contributed by atoms with Gasteiger partial charge in [0.05, 0.1) is 5.52 Å². The third-order valence-corrected chi connectivity index (χ3v) is 3.73. The number of aromatic nitrogens is 2. The molecule has 0 fully saturated rings. The van der Waals surface area contributed by atoms with Crippen molar-refractivity contribution in [2.45, 2.75) is 13.8 Å². The minimum atomic E-state index is -0.286. The third-order valence-electron chi connectivity index (χ3n) is 3.73. The van der Waals surface area contributed by atoms with E-state index in [1.54, 1.807) is 37.4 Å². The molecule has 1 aromatic carbocycles. The standard InChI is InChI=1S/C17H15N3O2/c1-10-11(2)16(21)20-15-9-12(6-7-13(10)15)19-17(22)14-5-3-4-8-18-14/h3-9H,1-2H3,(H,19,22)(H,20,21). The molecule has 110 valence electrons. The van der Waals surface area contributed by atoms with Gasteiger partial charge in [0.25, 0.3) is 11.5 Å². The first-order valence-corrected chi connectivity index (χ1v) is 6.92. The van der Waals surface area contributed by atoms with Crippen LogP contribution in [0.5, 0.6) is 0 Å². The summed E-state index contributed by atoms with van der Waals surface area (Å²) in [7, 11) is 0. The van der Waals surface area contributed by atoms with E-state index in [0.29, 0.717) is 22.5 Å². The Kier molecular flexibility index (Phi) is 3.47. The normalized spacial score (nSPS) is 10.6. The van der Waals surface area contributed by atoms with Crippen molar-refractivity contribution in [3.05, 3.63) is 69.8 Å². The van der Waals surface area contributed by atoms with Crippen LogP contribution in [0.1, 0.15) is 21.6 Å². The van der Waals surface area contributed by atoms with Gasteiger partial charge in [0, 0.05) is 22.8 Å². The van der Waals surface area contributed by atoms with E-state index in [9.17, 15) is 9.59 Å². The van der Waals surface area contributed by atoms with Crippen LogP contribution >= 0.6 is 0 Å². The number of H-pyrrole nitrogens is 1. The van der Waals surface area contributed by atoms with E-state index in [0.717, 1.165) is 10.9 Å². The highest BCUT2D eigenvalue weighted by Crippen LogP contribution is 2.21. The molecule has 5 heteroatoms. The molecule has 0 aliphatic carbocycles. The number of hydrogen-bond donors (Lipinski definition) is 2. The monoisotopic (exact) mass is 293 g/mol. The largest absolute Gasteiger partial charge is 0.322 e. The van der Waals surface area contributed by atoms with E-state index < -0.39 is 0 Å². The molecular weight excluding hydrogens is 278 g/mol. The van der Waals surface area contributed by atoms with Crippen molar-refractivity contribution < 1.29 is 4.79 Å². The zero-order valence-electron chi connectivity index (χ0n) is 12.3. The fraction of sp³-hybridized carbons (Fsp3) is 0.118. The van der Waals surface area contributed by atoms with Crippen LogP contribution in [-0.4, -0.2) is 15.9 Å². The van der Waals surface area contributed by atoms with Gasteiger partial charge in [0.2, 0.25) is 0 Å². The number of anilines is 1. The maximum Gasteiger partial charge on any atom is 0.274 e. The van der Waals surface area contributed by atoms with Crippen LogP contribution in [0.4, 0.5) is 5.69 Å². The van der Waals surface area contributed by atoms with Gasteiger partial charge in [-0.05, 0) is 43.7 Å². The third kappa shape index (κ3) is 2.48. The number of fused-ring (bicyclic) bond motifs is 1. The number of aromatic amines is 1. The van der Waals surface area contributed by atoms with E-state index in [1.165, 1.54) is 0 Å². The van der Waals surface area contributed by atoms with Crippen LogP contribution < -0.4 is 10.9 Å². The average molecular weight is 293 g/mol. The van der Waals surface area contributed by atoms with Crippen molar-refractivity contribution in [2.24, 2.45) is 0 Å². The van der Waals surface area contributed by atoms with Gasteiger partial charge in [-0.1, -0.05) is 12.1 Å². The first-order valence-electron chi connectivity index (χ1n) is 6.92. The molecule has 2 heterocycles. The van der Waals surface area contributed by atoms with E-state index in [1.807, 2.05) is 19.1 Å². The van der Waals surface area contributed by atoms with Gasteiger partial charge in [-0.25, -0.2) is 0 Å². The van der Waals surface area contributed by atoms with Crippen LogP contribution in [0, 0.1) is 13.8 Å². The molecule has 2 aromatic heterocycles. The molecule has 0 aliphatic heterocycles. The Labute approximate surface area is 127 Å². The highest BCUT2D eigenvalue weighted by atomic mass is 16.2. The predicted octanol–water partition coefficient (Wildman–Crippen LogP) is 2.79. The highest BCUT2D eigenvalue weighted by molar-refractivity contribution is 6.03. The second kappa shape index (κ2) is 5.44. The number of pyridine rings is 2. The second-order valence-corrected chi connectivity index (χ2v) is 5.13. The van der Waals surface area contributed by atoms with Gasteiger partial charge >= 0.3 is 0 Å². The van der Waals surface area contributed by atoms with Crippen LogP contribution in [0.25, 0.3) is 10.9 Å². The van der Waals surface area contributed by atoms with Gasteiger partial charge < -0.3 is 10.3 Å². The average Bonchev–Trinajstić information content (AvgIpc) is 2.53. The topological polar surface area (TPSA) is 74.8 Å². The summed E-state index contributed by atoms with van der Waals surface area (Å²) >= 11 is 0. The fourth-order valence-corrected chi connectivity index (χ4v) is 2.33. The molecule has 0 radical (unpaired) electrons. The highest BCUT2D eigenvalue weighted by Gasteiger charge is 2.09. The summed E-state index contributed by atoms with van der Waals surface area (Å²) in [6, 6.07) is 10.6. The SMILES string of the molecule is Cc1c(C)c2ccc(NC(=O)c3ccccn3)cc2[nH]c1=O. The fourth-order valence-electron chi connectivity index (χ4n) is 2.33. The van der Waals surface area contributed by atoms with Gasteiger partial charge in [-0.2, -0.15) is 0 Å². The number of nitrogens with one attached hydrogen (secondary N) is 2.